The lowest BCUT2D eigenvalue weighted by Gasteiger charge is -2.09. The van der Waals surface area contributed by atoms with Crippen molar-refractivity contribution in [1.82, 2.24) is 4.98 Å². The molecule has 17 heavy (non-hydrogen) atoms. The highest BCUT2D eigenvalue weighted by atomic mass is 79.9. The van der Waals surface area contributed by atoms with Gasteiger partial charge in [0.05, 0.1) is 6.20 Å². The summed E-state index contributed by atoms with van der Waals surface area (Å²) in [7, 11) is 0. The van der Waals surface area contributed by atoms with Crippen molar-refractivity contribution in [1.29, 1.82) is 0 Å². The molecule has 0 N–H and O–H groups in total. The number of ether oxygens (including phenoxy) is 1. The Hall–Kier alpha value is -1.06. The van der Waals surface area contributed by atoms with Gasteiger partial charge in [-0.15, -0.1) is 11.6 Å². The normalized spacial score (nSPS) is 10.3. The van der Waals surface area contributed by atoms with Crippen LogP contribution in [0, 0.1) is 6.92 Å². The molecule has 0 unspecified atom stereocenters. The molecular formula is C13H11BrClNO. The van der Waals surface area contributed by atoms with Gasteiger partial charge in [-0.25, -0.2) is 0 Å². The molecule has 0 spiro atoms. The molecule has 0 aliphatic heterocycles. The lowest BCUT2D eigenvalue weighted by molar-refractivity contribution is 0.475. The van der Waals surface area contributed by atoms with Crippen molar-refractivity contribution in [2.24, 2.45) is 0 Å². The molecule has 88 valence electrons. The zero-order valence-electron chi connectivity index (χ0n) is 9.28. The minimum atomic E-state index is 0.480. The number of benzene rings is 1. The van der Waals surface area contributed by atoms with Crippen LogP contribution in [0.1, 0.15) is 11.1 Å². The second-order valence-corrected chi connectivity index (χ2v) is 4.86. The maximum absolute atomic E-state index is 5.80. The Labute approximate surface area is 114 Å². The predicted octanol–water partition coefficient (Wildman–Crippen LogP) is 4.68. The van der Waals surface area contributed by atoms with Crippen LogP contribution < -0.4 is 4.74 Å². The first-order chi connectivity index (χ1) is 8.19. The Bertz CT molecular complexity index is 531. The summed E-state index contributed by atoms with van der Waals surface area (Å²) in [6.07, 6.45) is 3.40. The maximum Gasteiger partial charge on any atom is 0.146 e. The van der Waals surface area contributed by atoms with E-state index in [0.717, 1.165) is 21.3 Å². The second-order valence-electron chi connectivity index (χ2n) is 3.67. The van der Waals surface area contributed by atoms with Crippen molar-refractivity contribution < 1.29 is 4.74 Å². The van der Waals surface area contributed by atoms with E-state index < -0.39 is 0 Å². The molecule has 1 heterocycles. The number of hydrogen-bond donors (Lipinski definition) is 0. The topological polar surface area (TPSA) is 22.1 Å². The number of aryl methyl sites for hydroxylation is 1. The molecule has 0 radical (unpaired) electrons. The lowest BCUT2D eigenvalue weighted by atomic mass is 10.1. The summed E-state index contributed by atoms with van der Waals surface area (Å²) < 4.78 is 6.67. The summed E-state index contributed by atoms with van der Waals surface area (Å²) in [6, 6.07) is 7.82. The van der Waals surface area contributed by atoms with E-state index in [1.54, 1.807) is 12.4 Å². The maximum atomic E-state index is 5.80. The smallest absolute Gasteiger partial charge is 0.146 e. The molecule has 1 aromatic carbocycles. The SMILES string of the molecule is Cc1ccc(CCl)cc1Oc1cncc(Br)c1. The highest BCUT2D eigenvalue weighted by Crippen LogP contribution is 2.27. The molecule has 2 aromatic rings. The third kappa shape index (κ3) is 3.20. The molecule has 2 nitrogen and oxygen atoms in total. The fraction of sp³-hybridized carbons (Fsp3) is 0.154. The number of pyridine rings is 1. The Morgan fingerprint density at radius 1 is 1.29 bits per heavy atom. The van der Waals surface area contributed by atoms with Gasteiger partial charge in [-0.3, -0.25) is 4.98 Å². The standard InChI is InChI=1S/C13H11BrClNO/c1-9-2-3-10(6-15)4-13(9)17-12-5-11(14)7-16-8-12/h2-5,7-8H,6H2,1H3. The van der Waals surface area contributed by atoms with E-state index in [2.05, 4.69) is 20.9 Å². The highest BCUT2D eigenvalue weighted by Gasteiger charge is 2.03. The summed E-state index contributed by atoms with van der Waals surface area (Å²) in [6.45, 7) is 2.00. The van der Waals surface area contributed by atoms with Gasteiger partial charge < -0.3 is 4.74 Å². The Morgan fingerprint density at radius 2 is 2.12 bits per heavy atom. The minimum absolute atomic E-state index is 0.480. The van der Waals surface area contributed by atoms with Crippen molar-refractivity contribution in [2.75, 3.05) is 0 Å². The number of halogens is 2. The zero-order valence-corrected chi connectivity index (χ0v) is 11.6. The molecule has 1 aromatic heterocycles. The van der Waals surface area contributed by atoms with Crippen LogP contribution in [-0.4, -0.2) is 4.98 Å². The average molecular weight is 313 g/mol. The van der Waals surface area contributed by atoms with Crippen LogP contribution in [0.4, 0.5) is 0 Å². The van der Waals surface area contributed by atoms with E-state index in [9.17, 15) is 0 Å². The van der Waals surface area contributed by atoms with E-state index in [0.29, 0.717) is 11.6 Å². The Morgan fingerprint density at radius 3 is 2.82 bits per heavy atom. The van der Waals surface area contributed by atoms with Crippen LogP contribution in [0.5, 0.6) is 11.5 Å². The van der Waals surface area contributed by atoms with E-state index in [-0.39, 0.29) is 0 Å². The summed E-state index contributed by atoms with van der Waals surface area (Å²) in [5, 5.41) is 0. The van der Waals surface area contributed by atoms with E-state index in [1.807, 2.05) is 31.2 Å². The van der Waals surface area contributed by atoms with Crippen LogP contribution in [-0.2, 0) is 5.88 Å². The number of aromatic nitrogens is 1. The van der Waals surface area contributed by atoms with Crippen LogP contribution in [0.3, 0.4) is 0 Å². The largest absolute Gasteiger partial charge is 0.455 e. The first-order valence-electron chi connectivity index (χ1n) is 5.13. The molecule has 0 amide bonds. The number of rotatable bonds is 3. The molecular weight excluding hydrogens is 302 g/mol. The minimum Gasteiger partial charge on any atom is -0.455 e. The third-order valence-corrected chi connectivity index (χ3v) is 3.06. The molecule has 0 aliphatic rings. The van der Waals surface area contributed by atoms with Gasteiger partial charge >= 0.3 is 0 Å². The number of nitrogens with zero attached hydrogens (tertiary/aromatic N) is 1. The van der Waals surface area contributed by atoms with Gasteiger partial charge in [-0.1, -0.05) is 12.1 Å². The summed E-state index contributed by atoms with van der Waals surface area (Å²) in [5.41, 5.74) is 2.11. The average Bonchev–Trinajstić information content (AvgIpc) is 2.32. The third-order valence-electron chi connectivity index (χ3n) is 2.31. The van der Waals surface area contributed by atoms with E-state index in [4.69, 9.17) is 16.3 Å². The van der Waals surface area contributed by atoms with E-state index >= 15 is 0 Å². The van der Waals surface area contributed by atoms with Crippen molar-refractivity contribution in [3.8, 4) is 11.5 Å². The molecule has 0 bridgehead atoms. The van der Waals surface area contributed by atoms with Crippen LogP contribution in [0.15, 0.2) is 41.1 Å². The predicted molar refractivity (Wildman–Crippen MR) is 72.7 cm³/mol. The van der Waals surface area contributed by atoms with Crippen LogP contribution in [0.25, 0.3) is 0 Å². The van der Waals surface area contributed by atoms with Gasteiger partial charge in [-0.05, 0) is 46.1 Å². The molecule has 0 aliphatic carbocycles. The van der Waals surface area contributed by atoms with Gasteiger partial charge in [0, 0.05) is 16.5 Å². The van der Waals surface area contributed by atoms with Gasteiger partial charge in [-0.2, -0.15) is 0 Å². The van der Waals surface area contributed by atoms with Crippen molar-refractivity contribution in [2.45, 2.75) is 12.8 Å². The summed E-state index contributed by atoms with van der Waals surface area (Å²) in [4.78, 5) is 4.05. The number of hydrogen-bond acceptors (Lipinski definition) is 2. The molecule has 4 heteroatoms. The molecule has 0 saturated heterocycles. The quantitative estimate of drug-likeness (QED) is 0.767. The van der Waals surface area contributed by atoms with Crippen molar-refractivity contribution >= 4 is 27.5 Å². The Kier molecular flexibility index (Phi) is 4.02. The van der Waals surface area contributed by atoms with Crippen molar-refractivity contribution in [3.05, 3.63) is 52.3 Å². The lowest BCUT2D eigenvalue weighted by Crippen LogP contribution is -1.90. The number of alkyl halides is 1. The first kappa shape index (κ1) is 12.4. The van der Waals surface area contributed by atoms with Gasteiger partial charge in [0.1, 0.15) is 11.5 Å². The summed E-state index contributed by atoms with van der Waals surface area (Å²) in [5.74, 6) is 1.99. The summed E-state index contributed by atoms with van der Waals surface area (Å²) >= 11 is 9.16. The molecule has 2 rings (SSSR count). The monoisotopic (exact) mass is 311 g/mol. The zero-order chi connectivity index (χ0) is 12.3. The van der Waals surface area contributed by atoms with E-state index in [1.165, 1.54) is 0 Å². The van der Waals surface area contributed by atoms with Gasteiger partial charge in [0.15, 0.2) is 0 Å². The van der Waals surface area contributed by atoms with Crippen LogP contribution in [0.2, 0.25) is 0 Å². The molecule has 0 saturated carbocycles. The highest BCUT2D eigenvalue weighted by molar-refractivity contribution is 9.10. The van der Waals surface area contributed by atoms with Crippen molar-refractivity contribution in [3.63, 3.8) is 0 Å². The Balaban J connectivity index is 2.29. The molecule has 0 fully saturated rings. The second kappa shape index (κ2) is 5.52. The van der Waals surface area contributed by atoms with Gasteiger partial charge in [0.2, 0.25) is 0 Å². The van der Waals surface area contributed by atoms with Gasteiger partial charge in [0.25, 0.3) is 0 Å². The first-order valence-corrected chi connectivity index (χ1v) is 6.45. The fourth-order valence-electron chi connectivity index (χ4n) is 1.41. The fourth-order valence-corrected chi connectivity index (χ4v) is 1.92. The molecule has 0 atom stereocenters. The van der Waals surface area contributed by atoms with Crippen LogP contribution >= 0.6 is 27.5 Å².